The summed E-state index contributed by atoms with van der Waals surface area (Å²) in [6.07, 6.45) is 0. The van der Waals surface area contributed by atoms with E-state index in [1.165, 1.54) is 0 Å². The summed E-state index contributed by atoms with van der Waals surface area (Å²) in [6.45, 7) is 5.31. The third kappa shape index (κ3) is 4.97. The number of hydrogen-bond acceptors (Lipinski definition) is 5. The normalized spacial score (nSPS) is 10.0. The first kappa shape index (κ1) is 19.0. The van der Waals surface area contributed by atoms with Crippen LogP contribution in [-0.4, -0.2) is 31.2 Å². The van der Waals surface area contributed by atoms with E-state index in [1.54, 1.807) is 12.1 Å². The highest BCUT2D eigenvalue weighted by molar-refractivity contribution is 5.96. The smallest absolute Gasteiger partial charge is 0.255 e. The van der Waals surface area contributed by atoms with E-state index >= 15 is 0 Å². The Bertz CT molecular complexity index is 624. The number of halogens is 1. The molecule has 0 saturated heterocycles. The van der Waals surface area contributed by atoms with Crippen molar-refractivity contribution in [2.75, 3.05) is 20.1 Å². The Morgan fingerprint density at radius 3 is 2.65 bits per heavy atom. The molecule has 0 atom stereocenters. The second-order valence-corrected chi connectivity index (χ2v) is 4.95. The fourth-order valence-electron chi connectivity index (χ4n) is 2.03. The molecular formula is C16H22ClN3O3. The molecule has 1 amide bonds. The molecule has 23 heavy (non-hydrogen) atoms. The van der Waals surface area contributed by atoms with Gasteiger partial charge in [-0.25, -0.2) is 0 Å². The molecule has 7 heteroatoms. The van der Waals surface area contributed by atoms with Crippen LogP contribution in [0, 0.1) is 13.8 Å². The summed E-state index contributed by atoms with van der Waals surface area (Å²) in [6, 6.07) is 7.19. The van der Waals surface area contributed by atoms with E-state index in [1.807, 2.05) is 33.0 Å². The van der Waals surface area contributed by atoms with Gasteiger partial charge in [0.25, 0.3) is 5.91 Å². The minimum atomic E-state index is -0.149. The van der Waals surface area contributed by atoms with Crippen LogP contribution in [0.25, 0.3) is 0 Å². The van der Waals surface area contributed by atoms with Gasteiger partial charge in [-0.1, -0.05) is 17.3 Å². The third-order valence-electron chi connectivity index (χ3n) is 3.35. The summed E-state index contributed by atoms with van der Waals surface area (Å²) in [4.78, 5) is 12.2. The zero-order valence-electron chi connectivity index (χ0n) is 13.5. The summed E-state index contributed by atoms with van der Waals surface area (Å²) in [5.41, 5.74) is 2.23. The SMILES string of the molecule is CNCCNC(=O)c1ccccc1OCc1c(C)noc1C.Cl. The Morgan fingerprint density at radius 1 is 1.26 bits per heavy atom. The first-order valence-electron chi connectivity index (χ1n) is 7.20. The number of aromatic nitrogens is 1. The van der Waals surface area contributed by atoms with Gasteiger partial charge in [-0.3, -0.25) is 4.79 Å². The summed E-state index contributed by atoms with van der Waals surface area (Å²) < 4.78 is 10.9. The fraction of sp³-hybridized carbons (Fsp3) is 0.375. The Morgan fingerprint density at radius 2 is 2.00 bits per heavy atom. The topological polar surface area (TPSA) is 76.4 Å². The number of amides is 1. The van der Waals surface area contributed by atoms with Gasteiger partial charge in [0.2, 0.25) is 0 Å². The van der Waals surface area contributed by atoms with Crippen LogP contribution in [0.1, 0.15) is 27.4 Å². The number of likely N-dealkylation sites (N-methyl/N-ethyl adjacent to an activating group) is 1. The fourth-order valence-corrected chi connectivity index (χ4v) is 2.03. The van der Waals surface area contributed by atoms with Crippen molar-refractivity contribution in [3.8, 4) is 5.75 Å². The number of rotatable bonds is 7. The van der Waals surface area contributed by atoms with Gasteiger partial charge in [-0.05, 0) is 33.0 Å². The van der Waals surface area contributed by atoms with Gasteiger partial charge in [0.1, 0.15) is 18.1 Å². The van der Waals surface area contributed by atoms with E-state index in [-0.39, 0.29) is 18.3 Å². The number of nitrogens with one attached hydrogen (secondary N) is 2. The predicted molar refractivity (Wildman–Crippen MR) is 90.3 cm³/mol. The first-order chi connectivity index (χ1) is 10.6. The molecule has 2 aromatic rings. The average Bonchev–Trinajstić information content (AvgIpc) is 2.84. The molecule has 0 fully saturated rings. The molecule has 1 aromatic heterocycles. The number of carbonyl (C=O) groups is 1. The number of nitrogens with zero attached hydrogens (tertiary/aromatic N) is 1. The predicted octanol–water partition coefficient (Wildman–Crippen LogP) is 2.24. The van der Waals surface area contributed by atoms with E-state index in [2.05, 4.69) is 15.8 Å². The van der Waals surface area contributed by atoms with Crippen LogP contribution in [0.4, 0.5) is 0 Å². The average molecular weight is 340 g/mol. The molecule has 0 bridgehead atoms. The Labute approximate surface area is 142 Å². The zero-order valence-corrected chi connectivity index (χ0v) is 14.3. The number of para-hydroxylation sites is 1. The molecule has 126 valence electrons. The van der Waals surface area contributed by atoms with Crippen LogP contribution >= 0.6 is 12.4 Å². The molecule has 0 aliphatic rings. The highest BCUT2D eigenvalue weighted by atomic mass is 35.5. The first-order valence-corrected chi connectivity index (χ1v) is 7.20. The zero-order chi connectivity index (χ0) is 15.9. The van der Waals surface area contributed by atoms with Gasteiger partial charge >= 0.3 is 0 Å². The van der Waals surface area contributed by atoms with E-state index in [0.717, 1.165) is 17.0 Å². The van der Waals surface area contributed by atoms with Gasteiger partial charge < -0.3 is 19.9 Å². The van der Waals surface area contributed by atoms with Crippen molar-refractivity contribution in [3.63, 3.8) is 0 Å². The van der Waals surface area contributed by atoms with Crippen LogP contribution in [0.15, 0.2) is 28.8 Å². The lowest BCUT2D eigenvalue weighted by Crippen LogP contribution is -2.30. The summed E-state index contributed by atoms with van der Waals surface area (Å²) in [7, 11) is 1.84. The van der Waals surface area contributed by atoms with Crippen LogP contribution in [0.3, 0.4) is 0 Å². The Hall–Kier alpha value is -2.05. The molecular weight excluding hydrogens is 318 g/mol. The Kier molecular flexibility index (Phi) is 7.57. The summed E-state index contributed by atoms with van der Waals surface area (Å²) in [5.74, 6) is 1.13. The van der Waals surface area contributed by atoms with Crippen molar-refractivity contribution >= 4 is 18.3 Å². The largest absolute Gasteiger partial charge is 0.488 e. The van der Waals surface area contributed by atoms with E-state index < -0.39 is 0 Å². The molecule has 2 N–H and O–H groups in total. The molecule has 2 rings (SSSR count). The monoisotopic (exact) mass is 339 g/mol. The van der Waals surface area contributed by atoms with Gasteiger partial charge in [0.05, 0.1) is 16.8 Å². The van der Waals surface area contributed by atoms with Crippen molar-refractivity contribution < 1.29 is 14.1 Å². The van der Waals surface area contributed by atoms with Crippen LogP contribution < -0.4 is 15.4 Å². The second-order valence-electron chi connectivity index (χ2n) is 4.95. The minimum Gasteiger partial charge on any atom is -0.488 e. The highest BCUT2D eigenvalue weighted by Crippen LogP contribution is 2.21. The van der Waals surface area contributed by atoms with E-state index in [4.69, 9.17) is 9.26 Å². The number of carbonyl (C=O) groups excluding carboxylic acids is 1. The molecule has 0 radical (unpaired) electrons. The van der Waals surface area contributed by atoms with Gasteiger partial charge in [0, 0.05) is 13.1 Å². The van der Waals surface area contributed by atoms with Crippen molar-refractivity contribution in [3.05, 3.63) is 46.8 Å². The molecule has 0 aliphatic heterocycles. The van der Waals surface area contributed by atoms with Crippen LogP contribution in [0.5, 0.6) is 5.75 Å². The standard InChI is InChI=1S/C16H21N3O3.ClH/c1-11-14(12(2)22-19-11)10-21-15-7-5-4-6-13(15)16(20)18-9-8-17-3;/h4-7,17H,8-10H2,1-3H3,(H,18,20);1H. The lowest BCUT2D eigenvalue weighted by Gasteiger charge is -2.11. The summed E-state index contributed by atoms with van der Waals surface area (Å²) in [5, 5.41) is 9.72. The number of ether oxygens (including phenoxy) is 1. The molecule has 0 aliphatic carbocycles. The minimum absolute atomic E-state index is 0. The summed E-state index contributed by atoms with van der Waals surface area (Å²) >= 11 is 0. The highest BCUT2D eigenvalue weighted by Gasteiger charge is 2.14. The van der Waals surface area contributed by atoms with Gasteiger partial charge in [0.15, 0.2) is 0 Å². The molecule has 0 saturated carbocycles. The Balaban J connectivity index is 0.00000264. The number of benzene rings is 1. The van der Waals surface area contributed by atoms with Crippen molar-refractivity contribution in [1.29, 1.82) is 0 Å². The second kappa shape index (κ2) is 9.17. The maximum Gasteiger partial charge on any atom is 0.255 e. The third-order valence-corrected chi connectivity index (χ3v) is 3.35. The van der Waals surface area contributed by atoms with E-state index in [0.29, 0.717) is 31.0 Å². The van der Waals surface area contributed by atoms with Crippen molar-refractivity contribution in [2.45, 2.75) is 20.5 Å². The maximum atomic E-state index is 12.2. The molecule has 1 aromatic carbocycles. The maximum absolute atomic E-state index is 12.2. The van der Waals surface area contributed by atoms with Crippen molar-refractivity contribution in [2.24, 2.45) is 0 Å². The molecule has 0 unspecified atom stereocenters. The molecule has 6 nitrogen and oxygen atoms in total. The van der Waals surface area contributed by atoms with Gasteiger partial charge in [-0.15, -0.1) is 12.4 Å². The quantitative estimate of drug-likeness (QED) is 0.757. The van der Waals surface area contributed by atoms with Crippen LogP contribution in [0.2, 0.25) is 0 Å². The lowest BCUT2D eigenvalue weighted by molar-refractivity contribution is 0.0949. The molecule has 1 heterocycles. The van der Waals surface area contributed by atoms with E-state index in [9.17, 15) is 4.79 Å². The lowest BCUT2D eigenvalue weighted by atomic mass is 10.2. The number of hydrogen-bond donors (Lipinski definition) is 2. The van der Waals surface area contributed by atoms with Crippen LogP contribution in [-0.2, 0) is 6.61 Å². The van der Waals surface area contributed by atoms with Gasteiger partial charge in [-0.2, -0.15) is 0 Å². The number of aryl methyl sites for hydroxylation is 2. The van der Waals surface area contributed by atoms with Crippen molar-refractivity contribution in [1.82, 2.24) is 15.8 Å². The molecule has 0 spiro atoms.